The van der Waals surface area contributed by atoms with Gasteiger partial charge >= 0.3 is 11.9 Å². The molecule has 0 bridgehead atoms. The zero-order valence-corrected chi connectivity index (χ0v) is 9.87. The summed E-state index contributed by atoms with van der Waals surface area (Å²) in [5.74, 6) is -2.14. The molecule has 18 heavy (non-hydrogen) atoms. The minimum Gasteiger partial charge on any atom is -0.480 e. The number of aromatic carboxylic acids is 1. The van der Waals surface area contributed by atoms with E-state index in [0.717, 1.165) is 32.1 Å². The highest BCUT2D eigenvalue weighted by atomic mass is 16.4. The maximum Gasteiger partial charge on any atom is 0.358 e. The number of nitrogens with zero attached hydrogens (tertiary/aromatic N) is 3. The third kappa shape index (κ3) is 2.49. The van der Waals surface area contributed by atoms with Crippen molar-refractivity contribution in [3.63, 3.8) is 0 Å². The van der Waals surface area contributed by atoms with E-state index in [0.29, 0.717) is 5.69 Å². The molecule has 0 atom stereocenters. The normalized spacial score (nSPS) is 16.7. The van der Waals surface area contributed by atoms with Gasteiger partial charge in [-0.05, 0) is 12.8 Å². The fourth-order valence-electron chi connectivity index (χ4n) is 2.50. The van der Waals surface area contributed by atoms with Crippen molar-refractivity contribution >= 4 is 11.9 Å². The fraction of sp³-hybridized carbons (Fsp3) is 0.636. The third-order valence-corrected chi connectivity index (χ3v) is 3.25. The number of carboxylic acids is 2. The van der Waals surface area contributed by atoms with Gasteiger partial charge in [0.05, 0.1) is 5.69 Å². The summed E-state index contributed by atoms with van der Waals surface area (Å²) in [5, 5.41) is 25.1. The molecule has 1 aliphatic rings. The van der Waals surface area contributed by atoms with Gasteiger partial charge < -0.3 is 10.2 Å². The van der Waals surface area contributed by atoms with E-state index < -0.39 is 11.9 Å². The number of hydrogen-bond acceptors (Lipinski definition) is 4. The van der Waals surface area contributed by atoms with Crippen LogP contribution in [0.5, 0.6) is 0 Å². The van der Waals surface area contributed by atoms with Gasteiger partial charge in [0.15, 0.2) is 5.69 Å². The molecule has 1 fully saturated rings. The van der Waals surface area contributed by atoms with Gasteiger partial charge in [-0.15, -0.1) is 5.10 Å². The van der Waals surface area contributed by atoms with E-state index in [4.69, 9.17) is 10.2 Å². The lowest BCUT2D eigenvalue weighted by atomic mass is 9.86. The van der Waals surface area contributed by atoms with Gasteiger partial charge in [-0.25, -0.2) is 9.48 Å². The molecule has 0 saturated heterocycles. The summed E-state index contributed by atoms with van der Waals surface area (Å²) < 4.78 is 1.21. The standard InChI is InChI=1S/C11H15N3O4/c15-8(16)6-14-10(7-4-2-1-3-5-7)9(11(17)18)12-13-14/h7H,1-6H2,(H,15,16)(H,17,18). The summed E-state index contributed by atoms with van der Waals surface area (Å²) in [6.07, 6.45) is 4.93. The summed E-state index contributed by atoms with van der Waals surface area (Å²) in [4.78, 5) is 21.8. The van der Waals surface area contributed by atoms with E-state index in [1.165, 1.54) is 4.68 Å². The van der Waals surface area contributed by atoms with Gasteiger partial charge in [0.2, 0.25) is 0 Å². The van der Waals surface area contributed by atoms with Gasteiger partial charge in [0.1, 0.15) is 6.54 Å². The fourth-order valence-corrected chi connectivity index (χ4v) is 2.50. The summed E-state index contributed by atoms with van der Waals surface area (Å²) in [6, 6.07) is 0. The van der Waals surface area contributed by atoms with Gasteiger partial charge in [0.25, 0.3) is 0 Å². The second-order valence-electron chi connectivity index (χ2n) is 4.51. The molecule has 1 saturated carbocycles. The first-order chi connectivity index (χ1) is 8.59. The van der Waals surface area contributed by atoms with Gasteiger partial charge in [-0.2, -0.15) is 0 Å². The Morgan fingerprint density at radius 1 is 1.22 bits per heavy atom. The van der Waals surface area contributed by atoms with Crippen LogP contribution < -0.4 is 0 Å². The molecule has 98 valence electrons. The molecule has 0 unspecified atom stereocenters. The highest BCUT2D eigenvalue weighted by Crippen LogP contribution is 2.33. The average molecular weight is 253 g/mol. The van der Waals surface area contributed by atoms with Crippen LogP contribution in [0, 0.1) is 0 Å². The Hall–Kier alpha value is -1.92. The van der Waals surface area contributed by atoms with Crippen LogP contribution in [0.3, 0.4) is 0 Å². The summed E-state index contributed by atoms with van der Waals surface area (Å²) >= 11 is 0. The van der Waals surface area contributed by atoms with E-state index >= 15 is 0 Å². The van der Waals surface area contributed by atoms with Crippen molar-refractivity contribution in [3.8, 4) is 0 Å². The number of rotatable bonds is 4. The smallest absolute Gasteiger partial charge is 0.358 e. The molecule has 1 aromatic rings. The SMILES string of the molecule is O=C(O)Cn1nnc(C(=O)O)c1C1CCCCC1. The Bertz CT molecular complexity index is 463. The second kappa shape index (κ2) is 5.16. The average Bonchev–Trinajstić information content (AvgIpc) is 2.73. The lowest BCUT2D eigenvalue weighted by Crippen LogP contribution is -2.18. The number of hydrogen-bond donors (Lipinski definition) is 2. The van der Waals surface area contributed by atoms with Gasteiger partial charge in [-0.3, -0.25) is 4.79 Å². The maximum absolute atomic E-state index is 11.1. The molecular formula is C11H15N3O4. The monoisotopic (exact) mass is 253 g/mol. The van der Waals surface area contributed by atoms with Crippen molar-refractivity contribution in [1.82, 2.24) is 15.0 Å². The topological polar surface area (TPSA) is 105 Å². The van der Waals surface area contributed by atoms with Crippen LogP contribution in [-0.4, -0.2) is 37.1 Å². The maximum atomic E-state index is 11.1. The molecule has 7 nitrogen and oxygen atoms in total. The number of aliphatic carboxylic acids is 1. The van der Waals surface area contributed by atoms with E-state index in [1.54, 1.807) is 0 Å². The Morgan fingerprint density at radius 3 is 2.44 bits per heavy atom. The molecule has 1 aliphatic carbocycles. The van der Waals surface area contributed by atoms with Crippen LogP contribution >= 0.6 is 0 Å². The van der Waals surface area contributed by atoms with Crippen LogP contribution in [0.15, 0.2) is 0 Å². The predicted octanol–water partition coefficient (Wildman–Crippen LogP) is 1.11. The van der Waals surface area contributed by atoms with E-state index in [-0.39, 0.29) is 18.2 Å². The molecule has 0 spiro atoms. The van der Waals surface area contributed by atoms with Crippen LogP contribution in [0.1, 0.15) is 54.2 Å². The van der Waals surface area contributed by atoms with Crippen molar-refractivity contribution in [3.05, 3.63) is 11.4 Å². The highest BCUT2D eigenvalue weighted by molar-refractivity contribution is 5.86. The Kier molecular flexibility index (Phi) is 3.59. The first kappa shape index (κ1) is 12.5. The van der Waals surface area contributed by atoms with Gasteiger partial charge in [-0.1, -0.05) is 24.5 Å². The van der Waals surface area contributed by atoms with Crippen molar-refractivity contribution in [1.29, 1.82) is 0 Å². The molecular weight excluding hydrogens is 238 g/mol. The van der Waals surface area contributed by atoms with Crippen LogP contribution in [-0.2, 0) is 11.3 Å². The minimum atomic E-state index is -1.15. The number of carbonyl (C=O) groups is 2. The quantitative estimate of drug-likeness (QED) is 0.832. The van der Waals surface area contributed by atoms with Crippen LogP contribution in [0.25, 0.3) is 0 Å². The first-order valence-corrected chi connectivity index (χ1v) is 5.98. The lowest BCUT2D eigenvalue weighted by molar-refractivity contribution is -0.138. The second-order valence-corrected chi connectivity index (χ2v) is 4.51. The summed E-state index contributed by atoms with van der Waals surface area (Å²) in [6.45, 7) is -0.341. The van der Waals surface area contributed by atoms with Crippen molar-refractivity contribution in [2.75, 3.05) is 0 Å². The van der Waals surface area contributed by atoms with Gasteiger partial charge in [0, 0.05) is 5.92 Å². The molecule has 0 amide bonds. The molecule has 0 aliphatic heterocycles. The molecule has 7 heteroatoms. The zero-order valence-electron chi connectivity index (χ0n) is 9.87. The molecule has 2 N–H and O–H groups in total. The van der Waals surface area contributed by atoms with E-state index in [9.17, 15) is 9.59 Å². The molecule has 0 radical (unpaired) electrons. The summed E-state index contributed by atoms with van der Waals surface area (Å²) in [5.41, 5.74) is 0.354. The first-order valence-electron chi connectivity index (χ1n) is 5.98. The Labute approximate surface area is 103 Å². The predicted molar refractivity (Wildman–Crippen MR) is 60.4 cm³/mol. The highest BCUT2D eigenvalue weighted by Gasteiger charge is 2.28. The minimum absolute atomic E-state index is 0.0548. The lowest BCUT2D eigenvalue weighted by Gasteiger charge is -2.22. The zero-order chi connectivity index (χ0) is 13.1. The molecule has 1 heterocycles. The Morgan fingerprint density at radius 2 is 1.89 bits per heavy atom. The van der Waals surface area contributed by atoms with E-state index in [2.05, 4.69) is 10.3 Å². The summed E-state index contributed by atoms with van der Waals surface area (Å²) in [7, 11) is 0. The number of carboxylic acid groups (broad SMARTS) is 2. The molecule has 2 rings (SSSR count). The van der Waals surface area contributed by atoms with Crippen molar-refractivity contribution in [2.24, 2.45) is 0 Å². The Balaban J connectivity index is 2.35. The van der Waals surface area contributed by atoms with Crippen molar-refractivity contribution in [2.45, 2.75) is 44.6 Å². The van der Waals surface area contributed by atoms with E-state index in [1.807, 2.05) is 0 Å². The third-order valence-electron chi connectivity index (χ3n) is 3.25. The van der Waals surface area contributed by atoms with Crippen LogP contribution in [0.4, 0.5) is 0 Å². The molecule has 0 aromatic carbocycles. The number of aromatic nitrogens is 3. The largest absolute Gasteiger partial charge is 0.480 e. The van der Waals surface area contributed by atoms with Crippen molar-refractivity contribution < 1.29 is 19.8 Å². The molecule has 1 aromatic heterocycles. The van der Waals surface area contributed by atoms with Crippen LogP contribution in [0.2, 0.25) is 0 Å².